The third kappa shape index (κ3) is 1.74. The standard InChI is InChI=1S/C18H12O2/c1-2-7-13(8-3-1)14-9-6-12-17-18(14)20-16-11-5-4-10-15(16)19-17/h1-12H. The fourth-order valence-corrected chi connectivity index (χ4v) is 2.39. The summed E-state index contributed by atoms with van der Waals surface area (Å²) in [6.07, 6.45) is 0. The maximum absolute atomic E-state index is 6.04. The van der Waals surface area contributed by atoms with Crippen molar-refractivity contribution < 1.29 is 9.47 Å². The van der Waals surface area contributed by atoms with Crippen molar-refractivity contribution in [1.82, 2.24) is 0 Å². The van der Waals surface area contributed by atoms with Gasteiger partial charge in [0.05, 0.1) is 0 Å². The SMILES string of the molecule is c1ccc(-c2cccc3c2Oc2ccccc2O3)cc1. The molecule has 0 aromatic heterocycles. The Morgan fingerprint density at radius 1 is 0.500 bits per heavy atom. The highest BCUT2D eigenvalue weighted by Gasteiger charge is 2.21. The molecule has 1 aliphatic heterocycles. The zero-order chi connectivity index (χ0) is 13.4. The Labute approximate surface area is 117 Å². The Bertz CT molecular complexity index is 763. The third-order valence-electron chi connectivity index (χ3n) is 3.34. The van der Waals surface area contributed by atoms with E-state index < -0.39 is 0 Å². The lowest BCUT2D eigenvalue weighted by Crippen LogP contribution is -2.00. The van der Waals surface area contributed by atoms with E-state index in [1.807, 2.05) is 60.7 Å². The van der Waals surface area contributed by atoms with Gasteiger partial charge in [-0.25, -0.2) is 0 Å². The average Bonchev–Trinajstić information content (AvgIpc) is 2.53. The summed E-state index contributed by atoms with van der Waals surface area (Å²) in [5.74, 6) is 3.04. The average molecular weight is 260 g/mol. The Kier molecular flexibility index (Phi) is 2.46. The molecule has 1 aliphatic rings. The second kappa shape index (κ2) is 4.42. The number of rotatable bonds is 1. The van der Waals surface area contributed by atoms with Crippen LogP contribution in [-0.4, -0.2) is 0 Å². The molecule has 4 rings (SSSR count). The molecule has 0 bridgehead atoms. The molecule has 20 heavy (non-hydrogen) atoms. The van der Waals surface area contributed by atoms with E-state index >= 15 is 0 Å². The molecule has 0 spiro atoms. The maximum Gasteiger partial charge on any atom is 0.177 e. The zero-order valence-corrected chi connectivity index (χ0v) is 10.7. The number of para-hydroxylation sites is 3. The maximum atomic E-state index is 6.04. The summed E-state index contributed by atoms with van der Waals surface area (Å²) < 4.78 is 12.0. The normalized spacial score (nSPS) is 11.8. The molecule has 0 saturated heterocycles. The number of hydrogen-bond donors (Lipinski definition) is 0. The lowest BCUT2D eigenvalue weighted by molar-refractivity contribution is 0.361. The summed E-state index contributed by atoms with van der Waals surface area (Å²) in [6.45, 7) is 0. The van der Waals surface area contributed by atoms with E-state index in [-0.39, 0.29) is 0 Å². The minimum absolute atomic E-state index is 0.753. The molecule has 96 valence electrons. The first kappa shape index (κ1) is 11.1. The Morgan fingerprint density at radius 3 is 1.95 bits per heavy atom. The molecule has 1 heterocycles. The third-order valence-corrected chi connectivity index (χ3v) is 3.34. The van der Waals surface area contributed by atoms with Crippen LogP contribution in [-0.2, 0) is 0 Å². The van der Waals surface area contributed by atoms with Crippen molar-refractivity contribution in [3.8, 4) is 34.1 Å². The van der Waals surface area contributed by atoms with Crippen molar-refractivity contribution in [2.75, 3.05) is 0 Å². The molecule has 0 N–H and O–H groups in total. The number of fused-ring (bicyclic) bond motifs is 2. The molecule has 2 heteroatoms. The molecule has 0 aliphatic carbocycles. The summed E-state index contributed by atoms with van der Waals surface area (Å²) in [4.78, 5) is 0. The number of hydrogen-bond acceptors (Lipinski definition) is 2. The second-order valence-corrected chi connectivity index (χ2v) is 4.65. The van der Waals surface area contributed by atoms with Crippen molar-refractivity contribution >= 4 is 0 Å². The summed E-state index contributed by atoms with van der Waals surface area (Å²) in [6, 6.07) is 23.9. The predicted molar refractivity (Wildman–Crippen MR) is 78.5 cm³/mol. The van der Waals surface area contributed by atoms with Gasteiger partial charge in [-0.3, -0.25) is 0 Å². The predicted octanol–water partition coefficient (Wildman–Crippen LogP) is 5.25. The van der Waals surface area contributed by atoms with Gasteiger partial charge < -0.3 is 9.47 Å². The van der Waals surface area contributed by atoms with Gasteiger partial charge in [0, 0.05) is 5.56 Å². The van der Waals surface area contributed by atoms with E-state index in [1.54, 1.807) is 0 Å². The molecule has 3 aromatic carbocycles. The summed E-state index contributed by atoms with van der Waals surface area (Å²) >= 11 is 0. The molecule has 0 atom stereocenters. The Morgan fingerprint density at radius 2 is 1.15 bits per heavy atom. The van der Waals surface area contributed by atoms with Gasteiger partial charge in [-0.05, 0) is 23.8 Å². The molecular formula is C18H12O2. The zero-order valence-electron chi connectivity index (χ0n) is 10.7. The topological polar surface area (TPSA) is 18.5 Å². The van der Waals surface area contributed by atoms with Crippen LogP contribution in [0.15, 0.2) is 72.8 Å². The highest BCUT2D eigenvalue weighted by atomic mass is 16.6. The number of benzene rings is 3. The highest BCUT2D eigenvalue weighted by Crippen LogP contribution is 2.49. The van der Waals surface area contributed by atoms with Crippen LogP contribution in [0.4, 0.5) is 0 Å². The second-order valence-electron chi connectivity index (χ2n) is 4.65. The van der Waals surface area contributed by atoms with Crippen molar-refractivity contribution in [2.24, 2.45) is 0 Å². The fourth-order valence-electron chi connectivity index (χ4n) is 2.39. The fraction of sp³-hybridized carbons (Fsp3) is 0. The monoisotopic (exact) mass is 260 g/mol. The van der Waals surface area contributed by atoms with Crippen LogP contribution in [0, 0.1) is 0 Å². The van der Waals surface area contributed by atoms with E-state index in [2.05, 4.69) is 12.1 Å². The Hall–Kier alpha value is -2.74. The molecule has 0 saturated carbocycles. The molecule has 0 fully saturated rings. The molecule has 0 unspecified atom stereocenters. The van der Waals surface area contributed by atoms with Crippen LogP contribution >= 0.6 is 0 Å². The minimum atomic E-state index is 0.753. The first-order valence-corrected chi connectivity index (χ1v) is 6.55. The molecular weight excluding hydrogens is 248 g/mol. The Balaban J connectivity index is 1.87. The van der Waals surface area contributed by atoms with Gasteiger partial charge in [0.25, 0.3) is 0 Å². The van der Waals surface area contributed by atoms with Crippen LogP contribution in [0.3, 0.4) is 0 Å². The lowest BCUT2D eigenvalue weighted by atomic mass is 10.0. The first-order chi connectivity index (χ1) is 9.92. The van der Waals surface area contributed by atoms with E-state index in [9.17, 15) is 0 Å². The van der Waals surface area contributed by atoms with E-state index in [0.29, 0.717) is 0 Å². The largest absolute Gasteiger partial charge is 0.449 e. The summed E-state index contributed by atoms with van der Waals surface area (Å²) in [7, 11) is 0. The van der Waals surface area contributed by atoms with Crippen LogP contribution in [0.2, 0.25) is 0 Å². The molecule has 0 radical (unpaired) electrons. The molecule has 3 aromatic rings. The van der Waals surface area contributed by atoms with Crippen molar-refractivity contribution in [2.45, 2.75) is 0 Å². The smallest absolute Gasteiger partial charge is 0.177 e. The molecule has 2 nitrogen and oxygen atoms in total. The van der Waals surface area contributed by atoms with E-state index in [0.717, 1.165) is 34.1 Å². The minimum Gasteiger partial charge on any atom is -0.449 e. The lowest BCUT2D eigenvalue weighted by Gasteiger charge is -2.22. The van der Waals surface area contributed by atoms with Crippen molar-refractivity contribution in [1.29, 1.82) is 0 Å². The van der Waals surface area contributed by atoms with Crippen LogP contribution in [0.5, 0.6) is 23.0 Å². The van der Waals surface area contributed by atoms with Gasteiger partial charge in [-0.15, -0.1) is 0 Å². The van der Waals surface area contributed by atoms with Crippen LogP contribution in [0.1, 0.15) is 0 Å². The van der Waals surface area contributed by atoms with Gasteiger partial charge in [0.2, 0.25) is 0 Å². The van der Waals surface area contributed by atoms with E-state index in [4.69, 9.17) is 9.47 Å². The quantitative estimate of drug-likeness (QED) is 0.465. The number of ether oxygens (including phenoxy) is 2. The van der Waals surface area contributed by atoms with Gasteiger partial charge in [0.15, 0.2) is 23.0 Å². The van der Waals surface area contributed by atoms with Crippen molar-refractivity contribution in [3.05, 3.63) is 72.8 Å². The first-order valence-electron chi connectivity index (χ1n) is 6.55. The van der Waals surface area contributed by atoms with Gasteiger partial charge in [0.1, 0.15) is 0 Å². The van der Waals surface area contributed by atoms with Crippen LogP contribution in [0.25, 0.3) is 11.1 Å². The van der Waals surface area contributed by atoms with Gasteiger partial charge >= 0.3 is 0 Å². The van der Waals surface area contributed by atoms with Crippen molar-refractivity contribution in [3.63, 3.8) is 0 Å². The summed E-state index contributed by atoms with van der Waals surface area (Å²) in [5.41, 5.74) is 2.16. The molecule has 0 amide bonds. The van der Waals surface area contributed by atoms with Gasteiger partial charge in [-0.1, -0.05) is 54.6 Å². The summed E-state index contributed by atoms with van der Waals surface area (Å²) in [5, 5.41) is 0. The van der Waals surface area contributed by atoms with E-state index in [1.165, 1.54) is 0 Å². The highest BCUT2D eigenvalue weighted by molar-refractivity contribution is 5.75. The van der Waals surface area contributed by atoms with Crippen LogP contribution < -0.4 is 9.47 Å². The van der Waals surface area contributed by atoms with Gasteiger partial charge in [-0.2, -0.15) is 0 Å².